The van der Waals surface area contributed by atoms with E-state index in [4.69, 9.17) is 11.6 Å². The highest BCUT2D eigenvalue weighted by Gasteiger charge is 2.24. The molecular weight excluding hydrogens is 434 g/mol. The van der Waals surface area contributed by atoms with Crippen molar-refractivity contribution in [1.82, 2.24) is 19.8 Å². The Bertz CT molecular complexity index is 1130. The predicted molar refractivity (Wildman–Crippen MR) is 127 cm³/mol. The monoisotopic (exact) mass is 465 g/mol. The summed E-state index contributed by atoms with van der Waals surface area (Å²) in [5, 5.41) is 8.22. The van der Waals surface area contributed by atoms with Gasteiger partial charge in [0, 0.05) is 16.7 Å². The highest BCUT2D eigenvalue weighted by Crippen LogP contribution is 2.32. The lowest BCUT2D eigenvalue weighted by molar-refractivity contribution is 0.557. The first-order valence-electron chi connectivity index (χ1n) is 10.9. The molecule has 0 aliphatic rings. The molecule has 3 rings (SSSR count). The van der Waals surface area contributed by atoms with Crippen LogP contribution >= 0.6 is 11.6 Å². The van der Waals surface area contributed by atoms with Crippen LogP contribution in [0, 0.1) is 0 Å². The summed E-state index contributed by atoms with van der Waals surface area (Å²) in [7, 11) is -3.39. The molecule has 0 fully saturated rings. The highest BCUT2D eigenvalue weighted by molar-refractivity contribution is 7.92. The molecular formula is C22H32ClN5O2S. The largest absolute Gasteiger partial charge is 0.284 e. The van der Waals surface area contributed by atoms with Gasteiger partial charge in [-0.15, -0.1) is 5.10 Å². The van der Waals surface area contributed by atoms with Gasteiger partial charge in [0.2, 0.25) is 10.0 Å². The SMILES string of the molecule is CCCCCCCCS(=O)(=O)Nc1cccc(-c2nc3c(Cl)c(C(C)(C)C)[nH]n3n2)c1. The topological polar surface area (TPSA) is 92.1 Å². The Morgan fingerprint density at radius 2 is 1.84 bits per heavy atom. The number of hydrogen-bond acceptors (Lipinski definition) is 4. The second-order valence-corrected chi connectivity index (χ2v) is 11.2. The molecule has 3 aromatic rings. The van der Waals surface area contributed by atoms with Gasteiger partial charge in [0.15, 0.2) is 11.5 Å². The number of sulfonamides is 1. The minimum atomic E-state index is -3.39. The zero-order chi connectivity index (χ0) is 22.6. The minimum Gasteiger partial charge on any atom is -0.284 e. The quantitative estimate of drug-likeness (QED) is 0.371. The molecule has 2 aromatic heterocycles. The lowest BCUT2D eigenvalue weighted by Gasteiger charge is -2.16. The maximum atomic E-state index is 12.4. The highest BCUT2D eigenvalue weighted by atomic mass is 35.5. The molecule has 1 aromatic carbocycles. The van der Waals surface area contributed by atoms with Crippen LogP contribution in [-0.4, -0.2) is 34.0 Å². The summed E-state index contributed by atoms with van der Waals surface area (Å²) in [6, 6.07) is 7.11. The molecule has 7 nitrogen and oxygen atoms in total. The van der Waals surface area contributed by atoms with Crippen LogP contribution in [0.4, 0.5) is 5.69 Å². The van der Waals surface area contributed by atoms with E-state index in [1.165, 1.54) is 19.3 Å². The van der Waals surface area contributed by atoms with E-state index in [0.717, 1.165) is 18.5 Å². The van der Waals surface area contributed by atoms with Crippen molar-refractivity contribution in [3.8, 4) is 11.4 Å². The molecule has 0 saturated carbocycles. The Morgan fingerprint density at radius 3 is 2.52 bits per heavy atom. The molecule has 0 aliphatic carbocycles. The maximum absolute atomic E-state index is 12.4. The fourth-order valence-corrected chi connectivity index (χ4v) is 5.06. The Morgan fingerprint density at radius 1 is 1.13 bits per heavy atom. The van der Waals surface area contributed by atoms with E-state index in [2.05, 4.69) is 47.6 Å². The fraction of sp³-hybridized carbons (Fsp3) is 0.545. The van der Waals surface area contributed by atoms with Gasteiger partial charge in [0.1, 0.15) is 5.02 Å². The third-order valence-corrected chi connectivity index (χ3v) is 6.88. The summed E-state index contributed by atoms with van der Waals surface area (Å²) in [4.78, 5) is 4.55. The number of fused-ring (bicyclic) bond motifs is 1. The van der Waals surface area contributed by atoms with Gasteiger partial charge in [0.05, 0.1) is 11.4 Å². The summed E-state index contributed by atoms with van der Waals surface area (Å²) >= 11 is 6.50. The number of anilines is 1. The number of aromatic amines is 1. The van der Waals surface area contributed by atoms with E-state index < -0.39 is 10.0 Å². The number of hydrogen-bond donors (Lipinski definition) is 2. The lowest BCUT2D eigenvalue weighted by atomic mass is 9.92. The van der Waals surface area contributed by atoms with Crippen molar-refractivity contribution in [3.63, 3.8) is 0 Å². The van der Waals surface area contributed by atoms with E-state index >= 15 is 0 Å². The number of rotatable bonds is 10. The van der Waals surface area contributed by atoms with Gasteiger partial charge < -0.3 is 0 Å². The summed E-state index contributed by atoms with van der Waals surface area (Å²) < 4.78 is 29.1. The number of aromatic nitrogens is 4. The average molecular weight is 466 g/mol. The van der Waals surface area contributed by atoms with Gasteiger partial charge in [-0.2, -0.15) is 4.63 Å². The summed E-state index contributed by atoms with van der Waals surface area (Å²) in [5.74, 6) is 0.603. The molecule has 2 heterocycles. The molecule has 0 unspecified atom stereocenters. The summed E-state index contributed by atoms with van der Waals surface area (Å²) in [6.45, 7) is 8.35. The molecule has 9 heteroatoms. The molecule has 0 spiro atoms. The number of benzene rings is 1. The number of unbranched alkanes of at least 4 members (excludes halogenated alkanes) is 5. The van der Waals surface area contributed by atoms with E-state index in [0.29, 0.717) is 34.2 Å². The zero-order valence-corrected chi connectivity index (χ0v) is 20.3. The normalized spacial score (nSPS) is 12.5. The first kappa shape index (κ1) is 23.6. The molecule has 31 heavy (non-hydrogen) atoms. The van der Waals surface area contributed by atoms with Crippen molar-refractivity contribution in [1.29, 1.82) is 0 Å². The van der Waals surface area contributed by atoms with E-state index in [1.54, 1.807) is 22.8 Å². The van der Waals surface area contributed by atoms with Crippen molar-refractivity contribution < 1.29 is 8.42 Å². The van der Waals surface area contributed by atoms with E-state index in [9.17, 15) is 8.42 Å². The first-order valence-corrected chi connectivity index (χ1v) is 12.9. The summed E-state index contributed by atoms with van der Waals surface area (Å²) in [6.07, 6.45) is 6.23. The van der Waals surface area contributed by atoms with Crippen LogP contribution in [0.5, 0.6) is 0 Å². The van der Waals surface area contributed by atoms with Crippen molar-refractivity contribution >= 4 is 33.0 Å². The fourth-order valence-electron chi connectivity index (χ4n) is 3.44. The van der Waals surface area contributed by atoms with Crippen LogP contribution in [-0.2, 0) is 15.4 Å². The van der Waals surface area contributed by atoms with Crippen LogP contribution in [0.25, 0.3) is 17.0 Å². The van der Waals surface area contributed by atoms with Crippen molar-refractivity contribution in [2.24, 2.45) is 0 Å². The number of H-pyrrole nitrogens is 1. The van der Waals surface area contributed by atoms with Crippen molar-refractivity contribution in [2.45, 2.75) is 71.6 Å². The van der Waals surface area contributed by atoms with Crippen LogP contribution in [0.1, 0.15) is 71.9 Å². The van der Waals surface area contributed by atoms with Crippen molar-refractivity contribution in [3.05, 3.63) is 35.0 Å². The Balaban J connectivity index is 1.70. The van der Waals surface area contributed by atoms with Gasteiger partial charge in [-0.25, -0.2) is 13.4 Å². The molecule has 0 amide bonds. The molecule has 0 saturated heterocycles. The smallest absolute Gasteiger partial charge is 0.232 e. The molecule has 2 N–H and O–H groups in total. The number of nitrogens with one attached hydrogen (secondary N) is 2. The molecule has 0 atom stereocenters. The minimum absolute atomic E-state index is 0.125. The lowest BCUT2D eigenvalue weighted by Crippen LogP contribution is -2.16. The number of halogens is 1. The maximum Gasteiger partial charge on any atom is 0.232 e. The molecule has 0 radical (unpaired) electrons. The molecule has 0 bridgehead atoms. The van der Waals surface area contributed by atoms with Gasteiger partial charge in [0.25, 0.3) is 0 Å². The third kappa shape index (κ3) is 6.01. The number of nitrogens with zero attached hydrogens (tertiary/aromatic N) is 3. The van der Waals surface area contributed by atoms with E-state index in [1.807, 2.05) is 6.07 Å². The van der Waals surface area contributed by atoms with E-state index in [-0.39, 0.29) is 11.2 Å². The first-order chi connectivity index (χ1) is 14.6. The second-order valence-electron chi connectivity index (χ2n) is 8.99. The molecule has 0 aliphatic heterocycles. The van der Waals surface area contributed by atoms with Gasteiger partial charge in [-0.1, -0.05) is 83.5 Å². The van der Waals surface area contributed by atoms with Gasteiger partial charge >= 0.3 is 0 Å². The van der Waals surface area contributed by atoms with Crippen LogP contribution in [0.2, 0.25) is 5.02 Å². The predicted octanol–water partition coefficient (Wildman–Crippen LogP) is 5.78. The standard InChI is InChI=1S/C22H32ClN5O2S/c1-5-6-7-8-9-10-14-31(29,30)27-17-13-11-12-16(15-17)20-24-21-18(23)19(22(2,3)4)25-28(21)26-20/h11-13,15,25,27H,5-10,14H2,1-4H3. The second kappa shape index (κ2) is 9.61. The summed E-state index contributed by atoms with van der Waals surface area (Å²) in [5.41, 5.74) is 2.48. The van der Waals surface area contributed by atoms with Gasteiger partial charge in [-0.3, -0.25) is 9.82 Å². The average Bonchev–Trinajstić information content (AvgIpc) is 3.24. The van der Waals surface area contributed by atoms with Crippen LogP contribution < -0.4 is 4.72 Å². The van der Waals surface area contributed by atoms with Crippen LogP contribution in [0.15, 0.2) is 24.3 Å². The Labute approximate surface area is 189 Å². The third-order valence-electron chi connectivity index (χ3n) is 5.15. The zero-order valence-electron chi connectivity index (χ0n) is 18.7. The van der Waals surface area contributed by atoms with Gasteiger partial charge in [-0.05, 0) is 18.6 Å². The Kier molecular flexibility index (Phi) is 7.31. The molecule has 170 valence electrons. The van der Waals surface area contributed by atoms with Crippen LogP contribution in [0.3, 0.4) is 0 Å². The Hall–Kier alpha value is -2.06. The van der Waals surface area contributed by atoms with Crippen molar-refractivity contribution in [2.75, 3.05) is 10.5 Å².